The minimum atomic E-state index is -0.0953. The molecule has 0 bridgehead atoms. The van der Waals surface area contributed by atoms with Crippen LogP contribution in [0, 0.1) is 11.8 Å². The normalized spacial score (nSPS) is 22.4. The van der Waals surface area contributed by atoms with Crippen LogP contribution in [0.15, 0.2) is 0 Å². The van der Waals surface area contributed by atoms with Gasteiger partial charge >= 0.3 is 0 Å². The van der Waals surface area contributed by atoms with Crippen molar-refractivity contribution in [3.8, 4) is 0 Å². The first-order chi connectivity index (χ1) is 11.2. The lowest BCUT2D eigenvalue weighted by Crippen LogP contribution is -2.47. The first kappa shape index (κ1) is 21.7. The monoisotopic (exact) mass is 360 g/mol. The molecule has 4 nitrogen and oxygen atoms in total. The maximum Gasteiger partial charge on any atom is 0.220 e. The third-order valence-corrected chi connectivity index (χ3v) is 5.68. The molecule has 142 valence electrons. The Labute approximate surface area is 154 Å². The topological polar surface area (TPSA) is 50.4 Å². The molecule has 1 heterocycles. The van der Waals surface area contributed by atoms with Crippen molar-refractivity contribution in [2.45, 2.75) is 77.2 Å². The van der Waals surface area contributed by atoms with Crippen molar-refractivity contribution in [3.63, 3.8) is 0 Å². The van der Waals surface area contributed by atoms with E-state index in [9.17, 15) is 4.79 Å². The van der Waals surface area contributed by atoms with Gasteiger partial charge in [0, 0.05) is 19.6 Å². The number of hydrogen-bond donors (Lipinski definition) is 2. The maximum atomic E-state index is 12.4. The van der Waals surface area contributed by atoms with Crippen molar-refractivity contribution in [1.82, 2.24) is 10.6 Å². The predicted octanol–water partition coefficient (Wildman–Crippen LogP) is 3.68. The molecule has 0 aromatic carbocycles. The van der Waals surface area contributed by atoms with Gasteiger partial charge in [-0.25, -0.2) is 0 Å². The van der Waals surface area contributed by atoms with Gasteiger partial charge in [-0.1, -0.05) is 33.1 Å². The molecular formula is C19H37ClN2O2. The molecule has 0 aromatic heterocycles. The number of halogens is 1. The van der Waals surface area contributed by atoms with E-state index in [1.165, 1.54) is 32.1 Å². The van der Waals surface area contributed by atoms with Gasteiger partial charge in [0.05, 0.1) is 5.60 Å². The Morgan fingerprint density at radius 1 is 1.25 bits per heavy atom. The van der Waals surface area contributed by atoms with Crippen LogP contribution in [0.2, 0.25) is 0 Å². The second kappa shape index (κ2) is 11.3. The number of ether oxygens (including phenoxy) is 1. The van der Waals surface area contributed by atoms with Gasteiger partial charge in [-0.05, 0) is 57.0 Å². The second-order valence-electron chi connectivity index (χ2n) is 7.64. The fourth-order valence-electron chi connectivity index (χ4n) is 4.09. The summed E-state index contributed by atoms with van der Waals surface area (Å²) in [6.07, 6.45) is 10.1. The van der Waals surface area contributed by atoms with Crippen LogP contribution in [0.3, 0.4) is 0 Å². The SMILES string of the molecule is CCCOC1(CNC(=O)CC(C)C2CCNCC2)CCCCC1.Cl. The third kappa shape index (κ3) is 6.89. The lowest BCUT2D eigenvalue weighted by molar-refractivity contribution is -0.125. The summed E-state index contributed by atoms with van der Waals surface area (Å²) in [6.45, 7) is 8.09. The van der Waals surface area contributed by atoms with Gasteiger partial charge in [0.1, 0.15) is 0 Å². The number of nitrogens with one attached hydrogen (secondary N) is 2. The smallest absolute Gasteiger partial charge is 0.220 e. The zero-order valence-corrected chi connectivity index (χ0v) is 16.4. The van der Waals surface area contributed by atoms with E-state index in [1.54, 1.807) is 0 Å². The highest BCUT2D eigenvalue weighted by molar-refractivity contribution is 5.85. The van der Waals surface area contributed by atoms with Crippen LogP contribution in [-0.4, -0.2) is 37.7 Å². The number of piperidine rings is 1. The molecule has 1 aliphatic heterocycles. The van der Waals surface area contributed by atoms with Gasteiger partial charge < -0.3 is 15.4 Å². The summed E-state index contributed by atoms with van der Waals surface area (Å²) in [7, 11) is 0. The van der Waals surface area contributed by atoms with E-state index in [2.05, 4.69) is 24.5 Å². The summed E-state index contributed by atoms with van der Waals surface area (Å²) < 4.78 is 6.17. The summed E-state index contributed by atoms with van der Waals surface area (Å²) in [5, 5.41) is 6.59. The molecule has 1 unspecified atom stereocenters. The molecule has 1 amide bonds. The van der Waals surface area contributed by atoms with Crippen LogP contribution in [-0.2, 0) is 9.53 Å². The van der Waals surface area contributed by atoms with Gasteiger partial charge in [-0.15, -0.1) is 12.4 Å². The van der Waals surface area contributed by atoms with Crippen LogP contribution < -0.4 is 10.6 Å². The zero-order chi connectivity index (χ0) is 16.5. The Hall–Kier alpha value is -0.320. The molecule has 2 aliphatic rings. The van der Waals surface area contributed by atoms with Crippen molar-refractivity contribution < 1.29 is 9.53 Å². The molecular weight excluding hydrogens is 324 g/mol. The Morgan fingerprint density at radius 3 is 2.54 bits per heavy atom. The molecule has 2 fully saturated rings. The van der Waals surface area contributed by atoms with Crippen LogP contribution in [0.4, 0.5) is 0 Å². The van der Waals surface area contributed by atoms with Gasteiger partial charge in [0.2, 0.25) is 5.91 Å². The quantitative estimate of drug-likeness (QED) is 0.694. The molecule has 24 heavy (non-hydrogen) atoms. The molecule has 0 spiro atoms. The Balaban J connectivity index is 0.00000288. The van der Waals surface area contributed by atoms with E-state index in [4.69, 9.17) is 4.74 Å². The van der Waals surface area contributed by atoms with Crippen LogP contribution in [0.25, 0.3) is 0 Å². The van der Waals surface area contributed by atoms with Crippen molar-refractivity contribution in [2.24, 2.45) is 11.8 Å². The average molecular weight is 361 g/mol. The van der Waals surface area contributed by atoms with Crippen molar-refractivity contribution in [3.05, 3.63) is 0 Å². The van der Waals surface area contributed by atoms with E-state index in [0.29, 0.717) is 24.8 Å². The van der Waals surface area contributed by atoms with Gasteiger partial charge in [-0.2, -0.15) is 0 Å². The van der Waals surface area contributed by atoms with Crippen molar-refractivity contribution in [2.75, 3.05) is 26.2 Å². The minimum Gasteiger partial charge on any atom is -0.373 e. The largest absolute Gasteiger partial charge is 0.373 e. The number of carbonyl (C=O) groups is 1. The standard InChI is InChI=1S/C19H36N2O2.ClH/c1-3-13-23-19(9-5-4-6-10-19)15-21-18(22)14-16(2)17-7-11-20-12-8-17;/h16-17,20H,3-15H2,1-2H3,(H,21,22);1H. The summed E-state index contributed by atoms with van der Waals surface area (Å²) in [6, 6.07) is 0. The molecule has 2 N–H and O–H groups in total. The van der Waals surface area contributed by atoms with Crippen LogP contribution >= 0.6 is 12.4 Å². The number of carbonyl (C=O) groups excluding carboxylic acids is 1. The summed E-state index contributed by atoms with van der Waals surface area (Å²) in [4.78, 5) is 12.4. The number of hydrogen-bond acceptors (Lipinski definition) is 3. The van der Waals surface area contributed by atoms with Crippen LogP contribution in [0.5, 0.6) is 0 Å². The Bertz CT molecular complexity index is 353. The molecule has 2 rings (SSSR count). The van der Waals surface area contributed by atoms with Gasteiger partial charge in [0.25, 0.3) is 0 Å². The van der Waals surface area contributed by atoms with Gasteiger partial charge in [-0.3, -0.25) is 4.79 Å². The summed E-state index contributed by atoms with van der Waals surface area (Å²) >= 11 is 0. The van der Waals surface area contributed by atoms with Crippen molar-refractivity contribution >= 4 is 18.3 Å². The lowest BCUT2D eigenvalue weighted by atomic mass is 9.83. The molecule has 5 heteroatoms. The van der Waals surface area contributed by atoms with E-state index in [-0.39, 0.29) is 23.9 Å². The van der Waals surface area contributed by atoms with E-state index < -0.39 is 0 Å². The molecule has 1 saturated carbocycles. The van der Waals surface area contributed by atoms with Gasteiger partial charge in [0.15, 0.2) is 0 Å². The molecule has 1 saturated heterocycles. The maximum absolute atomic E-state index is 12.4. The van der Waals surface area contributed by atoms with Crippen molar-refractivity contribution in [1.29, 1.82) is 0 Å². The Kier molecular flexibility index (Phi) is 10.3. The fraction of sp³-hybridized carbons (Fsp3) is 0.947. The van der Waals surface area contributed by atoms with E-state index in [1.807, 2.05) is 0 Å². The highest BCUT2D eigenvalue weighted by atomic mass is 35.5. The number of amides is 1. The van der Waals surface area contributed by atoms with Crippen LogP contribution in [0.1, 0.15) is 71.6 Å². The summed E-state index contributed by atoms with van der Waals surface area (Å²) in [5.74, 6) is 1.39. The molecule has 0 radical (unpaired) electrons. The number of rotatable bonds is 8. The molecule has 1 aliphatic carbocycles. The minimum absolute atomic E-state index is 0. The first-order valence-electron chi connectivity index (χ1n) is 9.76. The van der Waals surface area contributed by atoms with E-state index in [0.717, 1.165) is 39.0 Å². The second-order valence-corrected chi connectivity index (χ2v) is 7.64. The highest BCUT2D eigenvalue weighted by Gasteiger charge is 2.33. The summed E-state index contributed by atoms with van der Waals surface area (Å²) in [5.41, 5.74) is -0.0953. The fourth-order valence-corrected chi connectivity index (χ4v) is 4.09. The van der Waals surface area contributed by atoms with E-state index >= 15 is 0 Å². The molecule has 1 atom stereocenters. The first-order valence-corrected chi connectivity index (χ1v) is 9.76. The Morgan fingerprint density at radius 2 is 1.92 bits per heavy atom. The average Bonchev–Trinajstić information content (AvgIpc) is 2.60. The third-order valence-electron chi connectivity index (χ3n) is 5.68. The highest BCUT2D eigenvalue weighted by Crippen LogP contribution is 2.31. The zero-order valence-electron chi connectivity index (χ0n) is 15.6. The lowest BCUT2D eigenvalue weighted by Gasteiger charge is -2.37. The molecule has 0 aromatic rings. The predicted molar refractivity (Wildman–Crippen MR) is 102 cm³/mol.